The number of aromatic nitrogens is 1. The Morgan fingerprint density at radius 3 is 2.87 bits per heavy atom. The summed E-state index contributed by atoms with van der Waals surface area (Å²) in [6, 6.07) is 0.385. The molecule has 0 amide bonds. The van der Waals surface area contributed by atoms with Crippen LogP contribution in [0.1, 0.15) is 31.5 Å². The van der Waals surface area contributed by atoms with Crippen molar-refractivity contribution in [2.24, 2.45) is 0 Å². The molecule has 0 fully saturated rings. The zero-order valence-corrected chi connectivity index (χ0v) is 10.7. The Balaban J connectivity index is 2.05. The first-order valence-electron chi connectivity index (χ1n) is 5.46. The Kier molecular flexibility index (Phi) is 5.83. The van der Waals surface area contributed by atoms with E-state index >= 15 is 0 Å². The Morgan fingerprint density at radius 2 is 2.27 bits per heavy atom. The lowest BCUT2D eigenvalue weighted by atomic mass is 10.2. The van der Waals surface area contributed by atoms with Crippen LogP contribution in [0, 0.1) is 0 Å². The highest BCUT2D eigenvalue weighted by Crippen LogP contribution is 2.11. The second kappa shape index (κ2) is 6.93. The zero-order chi connectivity index (χ0) is 11.1. The van der Waals surface area contributed by atoms with Gasteiger partial charge in [0.05, 0.1) is 11.2 Å². The van der Waals surface area contributed by atoms with Crippen LogP contribution in [0.3, 0.4) is 0 Å². The van der Waals surface area contributed by atoms with Gasteiger partial charge in [-0.05, 0) is 47.0 Å². The lowest BCUT2D eigenvalue weighted by Gasteiger charge is -2.12. The molecule has 86 valence electrons. The summed E-state index contributed by atoms with van der Waals surface area (Å²) in [6.07, 6.45) is 2.48. The molecule has 0 radical (unpaired) electrons. The van der Waals surface area contributed by atoms with E-state index in [0.717, 1.165) is 12.2 Å². The SMILES string of the molecule is CC(NCCCCN(C)C)c1cscn1. The van der Waals surface area contributed by atoms with Crippen molar-refractivity contribution in [2.45, 2.75) is 25.8 Å². The lowest BCUT2D eigenvalue weighted by Crippen LogP contribution is -2.21. The van der Waals surface area contributed by atoms with Crippen LogP contribution in [0.25, 0.3) is 0 Å². The number of thiazole rings is 1. The first-order chi connectivity index (χ1) is 7.20. The van der Waals surface area contributed by atoms with E-state index in [0.29, 0.717) is 6.04 Å². The van der Waals surface area contributed by atoms with E-state index in [1.54, 1.807) is 11.3 Å². The van der Waals surface area contributed by atoms with Gasteiger partial charge in [0.25, 0.3) is 0 Å². The van der Waals surface area contributed by atoms with Crippen molar-refractivity contribution in [3.8, 4) is 0 Å². The van der Waals surface area contributed by atoms with E-state index < -0.39 is 0 Å². The summed E-state index contributed by atoms with van der Waals surface area (Å²) in [5.74, 6) is 0. The molecule has 1 unspecified atom stereocenters. The molecule has 1 heterocycles. The lowest BCUT2D eigenvalue weighted by molar-refractivity contribution is 0.389. The van der Waals surface area contributed by atoms with Crippen molar-refractivity contribution < 1.29 is 0 Å². The highest BCUT2D eigenvalue weighted by Gasteiger charge is 2.05. The monoisotopic (exact) mass is 227 g/mol. The number of hydrogen-bond acceptors (Lipinski definition) is 4. The average molecular weight is 227 g/mol. The molecule has 1 aromatic rings. The minimum Gasteiger partial charge on any atom is -0.309 e. The first-order valence-corrected chi connectivity index (χ1v) is 6.40. The summed E-state index contributed by atoms with van der Waals surface area (Å²) < 4.78 is 0. The van der Waals surface area contributed by atoms with Gasteiger partial charge in [0, 0.05) is 11.4 Å². The van der Waals surface area contributed by atoms with Crippen molar-refractivity contribution >= 4 is 11.3 Å². The fourth-order valence-corrected chi connectivity index (χ4v) is 2.06. The molecule has 0 saturated carbocycles. The van der Waals surface area contributed by atoms with Crippen molar-refractivity contribution in [3.63, 3.8) is 0 Å². The summed E-state index contributed by atoms with van der Waals surface area (Å²) in [7, 11) is 4.23. The number of nitrogens with zero attached hydrogens (tertiary/aromatic N) is 2. The number of rotatable bonds is 7. The minimum absolute atomic E-state index is 0.385. The molecular weight excluding hydrogens is 206 g/mol. The molecule has 0 aliphatic carbocycles. The van der Waals surface area contributed by atoms with Gasteiger partial charge in [0.2, 0.25) is 0 Å². The molecule has 0 aliphatic rings. The van der Waals surface area contributed by atoms with Gasteiger partial charge in [-0.2, -0.15) is 0 Å². The highest BCUT2D eigenvalue weighted by molar-refractivity contribution is 7.07. The van der Waals surface area contributed by atoms with Gasteiger partial charge in [-0.25, -0.2) is 4.98 Å². The topological polar surface area (TPSA) is 28.2 Å². The summed E-state index contributed by atoms with van der Waals surface area (Å²) in [6.45, 7) is 4.42. The third-order valence-corrected chi connectivity index (χ3v) is 2.98. The van der Waals surface area contributed by atoms with Gasteiger partial charge in [0.15, 0.2) is 0 Å². The summed E-state index contributed by atoms with van der Waals surface area (Å²) >= 11 is 1.66. The molecule has 0 aliphatic heterocycles. The van der Waals surface area contributed by atoms with E-state index in [1.165, 1.54) is 19.4 Å². The molecule has 1 aromatic heterocycles. The number of nitrogens with one attached hydrogen (secondary N) is 1. The van der Waals surface area contributed by atoms with Gasteiger partial charge in [-0.1, -0.05) is 0 Å². The van der Waals surface area contributed by atoms with E-state index in [-0.39, 0.29) is 0 Å². The molecule has 0 aromatic carbocycles. The third-order valence-electron chi connectivity index (χ3n) is 2.38. The van der Waals surface area contributed by atoms with Crippen LogP contribution < -0.4 is 5.32 Å². The van der Waals surface area contributed by atoms with E-state index in [1.807, 2.05) is 5.51 Å². The normalized spacial score (nSPS) is 13.3. The Morgan fingerprint density at radius 1 is 1.47 bits per heavy atom. The molecule has 0 bridgehead atoms. The predicted octanol–water partition coefficient (Wildman–Crippen LogP) is 2.14. The van der Waals surface area contributed by atoms with Crippen LogP contribution in [0.2, 0.25) is 0 Å². The van der Waals surface area contributed by atoms with E-state index in [4.69, 9.17) is 0 Å². The standard InChI is InChI=1S/C11H21N3S/c1-10(11-8-15-9-13-11)12-6-4-5-7-14(2)3/h8-10,12H,4-7H2,1-3H3. The molecule has 1 N–H and O–H groups in total. The molecule has 15 heavy (non-hydrogen) atoms. The maximum atomic E-state index is 4.29. The summed E-state index contributed by atoms with van der Waals surface area (Å²) in [4.78, 5) is 6.52. The van der Waals surface area contributed by atoms with E-state index in [2.05, 4.69) is 41.6 Å². The average Bonchev–Trinajstić information content (AvgIpc) is 2.69. The van der Waals surface area contributed by atoms with Crippen LogP contribution in [-0.2, 0) is 0 Å². The quantitative estimate of drug-likeness (QED) is 0.723. The molecule has 3 nitrogen and oxygen atoms in total. The Hall–Kier alpha value is -0.450. The maximum absolute atomic E-state index is 4.29. The fourth-order valence-electron chi connectivity index (χ4n) is 1.41. The van der Waals surface area contributed by atoms with Gasteiger partial charge in [0.1, 0.15) is 0 Å². The number of unbranched alkanes of at least 4 members (excludes halogenated alkanes) is 1. The molecule has 1 atom stereocenters. The van der Waals surface area contributed by atoms with Crippen LogP contribution >= 0.6 is 11.3 Å². The van der Waals surface area contributed by atoms with Crippen molar-refractivity contribution in [1.29, 1.82) is 0 Å². The van der Waals surface area contributed by atoms with Crippen molar-refractivity contribution in [1.82, 2.24) is 15.2 Å². The van der Waals surface area contributed by atoms with Crippen LogP contribution in [0.15, 0.2) is 10.9 Å². The maximum Gasteiger partial charge on any atom is 0.0795 e. The fraction of sp³-hybridized carbons (Fsp3) is 0.727. The minimum atomic E-state index is 0.385. The zero-order valence-electron chi connectivity index (χ0n) is 9.86. The summed E-state index contributed by atoms with van der Waals surface area (Å²) in [5, 5.41) is 5.59. The van der Waals surface area contributed by atoms with E-state index in [9.17, 15) is 0 Å². The van der Waals surface area contributed by atoms with Crippen LogP contribution in [-0.4, -0.2) is 37.1 Å². The first kappa shape index (κ1) is 12.6. The molecule has 0 spiro atoms. The van der Waals surface area contributed by atoms with Crippen LogP contribution in [0.4, 0.5) is 0 Å². The van der Waals surface area contributed by atoms with Gasteiger partial charge in [-0.3, -0.25) is 0 Å². The van der Waals surface area contributed by atoms with Crippen LogP contribution in [0.5, 0.6) is 0 Å². The van der Waals surface area contributed by atoms with Gasteiger partial charge in [-0.15, -0.1) is 11.3 Å². The second-order valence-corrected chi connectivity index (χ2v) is 4.82. The molecular formula is C11H21N3S. The van der Waals surface area contributed by atoms with Crippen molar-refractivity contribution in [2.75, 3.05) is 27.2 Å². The van der Waals surface area contributed by atoms with Gasteiger partial charge < -0.3 is 10.2 Å². The molecule has 4 heteroatoms. The second-order valence-electron chi connectivity index (χ2n) is 4.10. The Bertz CT molecular complexity index is 246. The predicted molar refractivity (Wildman–Crippen MR) is 66.3 cm³/mol. The highest BCUT2D eigenvalue weighted by atomic mass is 32.1. The molecule has 0 saturated heterocycles. The molecule has 1 rings (SSSR count). The Labute approximate surface area is 96.5 Å². The van der Waals surface area contributed by atoms with Gasteiger partial charge >= 0.3 is 0 Å². The number of hydrogen-bond donors (Lipinski definition) is 1. The smallest absolute Gasteiger partial charge is 0.0795 e. The van der Waals surface area contributed by atoms with Crippen molar-refractivity contribution in [3.05, 3.63) is 16.6 Å². The largest absolute Gasteiger partial charge is 0.309 e. The third kappa shape index (κ3) is 5.25. The summed E-state index contributed by atoms with van der Waals surface area (Å²) in [5.41, 5.74) is 3.05.